The Hall–Kier alpha value is -3.99. The number of anilines is 2. The zero-order chi connectivity index (χ0) is 25.9. The van der Waals surface area contributed by atoms with Gasteiger partial charge in [0, 0.05) is 16.8 Å². The predicted octanol–water partition coefficient (Wildman–Crippen LogP) is 5.07. The highest BCUT2D eigenvalue weighted by molar-refractivity contribution is 7.93. The number of hydrogen-bond acceptors (Lipinski definition) is 8. The van der Waals surface area contributed by atoms with Gasteiger partial charge in [-0.2, -0.15) is 0 Å². The molecule has 5 aromatic rings. The van der Waals surface area contributed by atoms with Gasteiger partial charge in [0.15, 0.2) is 10.6 Å². The van der Waals surface area contributed by atoms with Crippen molar-refractivity contribution < 1.29 is 17.6 Å². The number of nitrogen functional groups attached to an aromatic ring is 1. The SMILES string of the molecule is Nc1ccc2c(=O)c3c(oc2c1)C(=O)N(c1ncc(S(=O)(=O)c2ccccc2)s1)C3c1cccc(Cl)c1. The number of nitrogens with two attached hydrogens (primary N) is 1. The molecule has 1 aliphatic rings. The molecular weight excluding hydrogens is 534 g/mol. The number of rotatable bonds is 4. The molecule has 1 aliphatic heterocycles. The summed E-state index contributed by atoms with van der Waals surface area (Å²) in [6.07, 6.45) is 1.21. The first-order chi connectivity index (χ1) is 17.8. The van der Waals surface area contributed by atoms with Crippen molar-refractivity contribution in [2.45, 2.75) is 15.1 Å². The number of fused-ring (bicyclic) bond motifs is 2. The molecule has 1 atom stereocenters. The zero-order valence-corrected chi connectivity index (χ0v) is 21.2. The Kier molecular flexibility index (Phi) is 5.41. The number of benzene rings is 3. The maximum Gasteiger partial charge on any atom is 0.297 e. The Morgan fingerprint density at radius 1 is 1.00 bits per heavy atom. The topological polar surface area (TPSA) is 124 Å². The van der Waals surface area contributed by atoms with Gasteiger partial charge in [0.2, 0.25) is 15.6 Å². The van der Waals surface area contributed by atoms with Crippen LogP contribution in [0.5, 0.6) is 0 Å². The number of amides is 1. The van der Waals surface area contributed by atoms with Crippen LogP contribution in [-0.4, -0.2) is 19.3 Å². The molecule has 1 unspecified atom stereocenters. The second-order valence-corrected chi connectivity index (χ2v) is 12.0. The van der Waals surface area contributed by atoms with Gasteiger partial charge in [0.05, 0.1) is 28.1 Å². The minimum Gasteiger partial charge on any atom is -0.450 e. The van der Waals surface area contributed by atoms with Crippen LogP contribution in [0.25, 0.3) is 11.0 Å². The van der Waals surface area contributed by atoms with Crippen LogP contribution in [0.3, 0.4) is 0 Å². The second kappa shape index (κ2) is 8.55. The highest BCUT2D eigenvalue weighted by Gasteiger charge is 2.45. The Morgan fingerprint density at radius 2 is 1.78 bits per heavy atom. The third kappa shape index (κ3) is 3.72. The van der Waals surface area contributed by atoms with Gasteiger partial charge in [-0.15, -0.1) is 0 Å². The summed E-state index contributed by atoms with van der Waals surface area (Å²) in [6.45, 7) is 0. The molecule has 11 heteroatoms. The third-order valence-electron chi connectivity index (χ3n) is 6.06. The van der Waals surface area contributed by atoms with E-state index in [2.05, 4.69) is 4.98 Å². The molecule has 6 rings (SSSR count). The van der Waals surface area contributed by atoms with E-state index in [1.54, 1.807) is 54.6 Å². The summed E-state index contributed by atoms with van der Waals surface area (Å²) in [5.41, 5.74) is 6.68. The molecule has 8 nitrogen and oxygen atoms in total. The predicted molar refractivity (Wildman–Crippen MR) is 141 cm³/mol. The van der Waals surface area contributed by atoms with Gasteiger partial charge in [0.1, 0.15) is 9.79 Å². The van der Waals surface area contributed by atoms with Gasteiger partial charge < -0.3 is 10.2 Å². The molecule has 1 amide bonds. The van der Waals surface area contributed by atoms with Crippen molar-refractivity contribution in [3.63, 3.8) is 0 Å². The van der Waals surface area contributed by atoms with Crippen LogP contribution in [0.4, 0.5) is 10.8 Å². The highest BCUT2D eigenvalue weighted by Crippen LogP contribution is 2.44. The van der Waals surface area contributed by atoms with Crippen LogP contribution in [-0.2, 0) is 9.84 Å². The number of sulfone groups is 1. The van der Waals surface area contributed by atoms with Crippen LogP contribution in [0, 0.1) is 0 Å². The molecule has 3 aromatic carbocycles. The van der Waals surface area contributed by atoms with Crippen molar-refractivity contribution in [3.05, 3.63) is 111 Å². The molecule has 0 aliphatic carbocycles. The maximum atomic E-state index is 13.7. The fraction of sp³-hybridized carbons (Fsp3) is 0.0385. The Balaban J connectivity index is 1.56. The van der Waals surface area contributed by atoms with Crippen LogP contribution in [0.15, 0.2) is 97.3 Å². The third-order valence-corrected chi connectivity index (χ3v) is 9.52. The van der Waals surface area contributed by atoms with Crippen LogP contribution in [0.1, 0.15) is 27.7 Å². The standard InChI is InChI=1S/C26H16ClN3O5S2/c27-15-6-4-5-14(11-15)22-21-23(31)18-10-9-16(28)12-19(18)35-24(21)25(32)30(22)26-29-13-20(36-26)37(33,34)17-7-2-1-3-8-17/h1-13,22H,28H2. The van der Waals surface area contributed by atoms with E-state index < -0.39 is 27.2 Å². The van der Waals surface area contributed by atoms with E-state index in [-0.39, 0.29) is 36.5 Å². The molecule has 0 bridgehead atoms. The summed E-state index contributed by atoms with van der Waals surface area (Å²) < 4.78 is 32.2. The first-order valence-electron chi connectivity index (χ1n) is 11.0. The minimum absolute atomic E-state index is 0.0421. The molecule has 0 saturated carbocycles. The van der Waals surface area contributed by atoms with E-state index in [1.807, 2.05) is 0 Å². The molecule has 0 saturated heterocycles. The lowest BCUT2D eigenvalue weighted by molar-refractivity contribution is 0.0971. The van der Waals surface area contributed by atoms with E-state index in [0.717, 1.165) is 11.3 Å². The number of hydrogen-bond donors (Lipinski definition) is 1. The van der Waals surface area contributed by atoms with E-state index in [1.165, 1.54) is 29.3 Å². The molecule has 0 radical (unpaired) electrons. The molecule has 2 aromatic heterocycles. The van der Waals surface area contributed by atoms with Gasteiger partial charge in [-0.25, -0.2) is 13.4 Å². The lowest BCUT2D eigenvalue weighted by atomic mass is 9.99. The average Bonchev–Trinajstić information content (AvgIpc) is 3.48. The quantitative estimate of drug-likeness (QED) is 0.310. The van der Waals surface area contributed by atoms with Gasteiger partial charge in [-0.1, -0.05) is 53.3 Å². The minimum atomic E-state index is -3.87. The first-order valence-corrected chi connectivity index (χ1v) is 13.6. The smallest absolute Gasteiger partial charge is 0.297 e. The van der Waals surface area contributed by atoms with Crippen LogP contribution >= 0.6 is 22.9 Å². The van der Waals surface area contributed by atoms with Crippen LogP contribution < -0.4 is 16.1 Å². The van der Waals surface area contributed by atoms with Crippen molar-refractivity contribution in [2.75, 3.05) is 10.6 Å². The summed E-state index contributed by atoms with van der Waals surface area (Å²) in [5.74, 6) is -0.782. The molecule has 37 heavy (non-hydrogen) atoms. The Labute approximate surface area is 219 Å². The van der Waals surface area contributed by atoms with E-state index in [9.17, 15) is 18.0 Å². The van der Waals surface area contributed by atoms with Crippen molar-refractivity contribution in [1.82, 2.24) is 4.98 Å². The van der Waals surface area contributed by atoms with Gasteiger partial charge in [0.25, 0.3) is 5.91 Å². The van der Waals surface area contributed by atoms with Crippen molar-refractivity contribution in [1.29, 1.82) is 0 Å². The Morgan fingerprint density at radius 3 is 2.54 bits per heavy atom. The summed E-state index contributed by atoms with van der Waals surface area (Å²) >= 11 is 7.08. The number of aromatic nitrogens is 1. The lowest BCUT2D eigenvalue weighted by Crippen LogP contribution is -2.29. The molecule has 184 valence electrons. The molecule has 0 spiro atoms. The van der Waals surface area contributed by atoms with E-state index in [4.69, 9.17) is 21.8 Å². The van der Waals surface area contributed by atoms with Crippen LogP contribution in [0.2, 0.25) is 5.02 Å². The van der Waals surface area contributed by atoms with Gasteiger partial charge >= 0.3 is 0 Å². The molecule has 0 fully saturated rings. The number of nitrogens with zero attached hydrogens (tertiary/aromatic N) is 2. The number of thiazole rings is 1. The van der Waals surface area contributed by atoms with Crippen molar-refractivity contribution in [3.8, 4) is 0 Å². The monoisotopic (exact) mass is 549 g/mol. The van der Waals surface area contributed by atoms with Gasteiger partial charge in [-0.05, 0) is 42.0 Å². The average molecular weight is 550 g/mol. The maximum absolute atomic E-state index is 13.7. The summed E-state index contributed by atoms with van der Waals surface area (Å²) in [7, 11) is -3.87. The molecular formula is C26H16ClN3O5S2. The van der Waals surface area contributed by atoms with Crippen molar-refractivity contribution in [2.24, 2.45) is 0 Å². The fourth-order valence-electron chi connectivity index (χ4n) is 4.38. The van der Waals surface area contributed by atoms with Gasteiger partial charge in [-0.3, -0.25) is 14.5 Å². The highest BCUT2D eigenvalue weighted by atomic mass is 35.5. The fourth-order valence-corrected chi connectivity index (χ4v) is 7.15. The Bertz CT molecular complexity index is 1880. The zero-order valence-electron chi connectivity index (χ0n) is 18.8. The molecule has 2 N–H and O–H groups in total. The van der Waals surface area contributed by atoms with E-state index in [0.29, 0.717) is 16.3 Å². The first kappa shape index (κ1) is 23.4. The summed E-state index contributed by atoms with van der Waals surface area (Å²) in [5, 5.41) is 0.766. The number of halogens is 1. The van der Waals surface area contributed by atoms with E-state index >= 15 is 0 Å². The lowest BCUT2D eigenvalue weighted by Gasteiger charge is -2.22. The number of carbonyl (C=O) groups excluding carboxylic acids is 1. The second-order valence-electron chi connectivity index (χ2n) is 8.34. The normalized spacial score (nSPS) is 15.3. The number of carbonyl (C=O) groups is 1. The summed E-state index contributed by atoms with van der Waals surface area (Å²) in [6, 6.07) is 18.4. The molecule has 3 heterocycles. The largest absolute Gasteiger partial charge is 0.450 e. The summed E-state index contributed by atoms with van der Waals surface area (Å²) in [4.78, 5) is 33.0. The van der Waals surface area contributed by atoms with Crippen molar-refractivity contribution >= 4 is 60.5 Å².